The van der Waals surface area contributed by atoms with Gasteiger partial charge in [0.05, 0.1) is 19.8 Å². The fourth-order valence-electron chi connectivity index (χ4n) is 2.57. The Morgan fingerprint density at radius 1 is 0.880 bits per heavy atom. The zero-order valence-electron chi connectivity index (χ0n) is 13.2. The Hall–Kier alpha value is -3.55. The summed E-state index contributed by atoms with van der Waals surface area (Å²) < 4.78 is 15.4. The molecule has 4 N–H and O–H groups in total. The second kappa shape index (κ2) is 5.82. The third-order valence-electron chi connectivity index (χ3n) is 3.73. The molecule has 3 aromatic rings. The predicted molar refractivity (Wildman–Crippen MR) is 87.7 cm³/mol. The predicted octanol–water partition coefficient (Wildman–Crippen LogP) is 2.30. The van der Waals surface area contributed by atoms with Crippen molar-refractivity contribution in [1.29, 1.82) is 0 Å². The van der Waals surface area contributed by atoms with Gasteiger partial charge in [-0.1, -0.05) is 12.1 Å². The van der Waals surface area contributed by atoms with Crippen LogP contribution in [0.5, 0.6) is 34.5 Å². The maximum atomic E-state index is 12.6. The number of methoxy groups -OCH3 is 2. The fraction of sp³-hybridized carbons (Fsp3) is 0.118. The van der Waals surface area contributed by atoms with Gasteiger partial charge in [0, 0.05) is 0 Å². The van der Waals surface area contributed by atoms with Crippen molar-refractivity contribution in [3.05, 3.63) is 34.5 Å². The summed E-state index contributed by atoms with van der Waals surface area (Å²) in [5.74, 6) is -3.33. The van der Waals surface area contributed by atoms with E-state index in [9.17, 15) is 25.2 Å². The van der Waals surface area contributed by atoms with Crippen molar-refractivity contribution in [3.8, 4) is 45.8 Å². The van der Waals surface area contributed by atoms with E-state index in [1.54, 1.807) is 12.1 Å². The number of phenolic OH excluding ortho intramolecular Hbond substituents is 3. The second-order valence-electron chi connectivity index (χ2n) is 5.09. The largest absolute Gasteiger partial charge is 0.507 e. The summed E-state index contributed by atoms with van der Waals surface area (Å²) >= 11 is 0. The number of hydrogen-bond acceptors (Lipinski definition) is 8. The minimum Gasteiger partial charge on any atom is -0.507 e. The van der Waals surface area contributed by atoms with Crippen LogP contribution in [0.4, 0.5) is 0 Å². The highest BCUT2D eigenvalue weighted by atomic mass is 16.5. The van der Waals surface area contributed by atoms with Crippen molar-refractivity contribution < 1.29 is 34.3 Å². The molecule has 2 aromatic carbocycles. The molecule has 0 spiro atoms. The lowest BCUT2D eigenvalue weighted by molar-refractivity contribution is 0.322. The van der Waals surface area contributed by atoms with Crippen LogP contribution >= 0.6 is 0 Å². The first-order valence-electron chi connectivity index (χ1n) is 7.06. The third kappa shape index (κ3) is 2.26. The van der Waals surface area contributed by atoms with Crippen molar-refractivity contribution in [2.24, 2.45) is 0 Å². The van der Waals surface area contributed by atoms with Gasteiger partial charge in [-0.05, 0) is 12.1 Å². The van der Waals surface area contributed by atoms with Gasteiger partial charge in [-0.15, -0.1) is 0 Å². The van der Waals surface area contributed by atoms with Crippen LogP contribution in [0.3, 0.4) is 0 Å². The monoisotopic (exact) mass is 346 g/mol. The zero-order valence-corrected chi connectivity index (χ0v) is 13.2. The van der Waals surface area contributed by atoms with E-state index in [2.05, 4.69) is 0 Å². The van der Waals surface area contributed by atoms with Gasteiger partial charge in [0.1, 0.15) is 11.1 Å². The molecular weight excluding hydrogens is 332 g/mol. The Morgan fingerprint density at radius 2 is 1.52 bits per heavy atom. The van der Waals surface area contributed by atoms with E-state index < -0.39 is 33.8 Å². The molecule has 25 heavy (non-hydrogen) atoms. The van der Waals surface area contributed by atoms with E-state index in [4.69, 9.17) is 13.9 Å². The lowest BCUT2D eigenvalue weighted by Gasteiger charge is -2.14. The van der Waals surface area contributed by atoms with E-state index in [1.165, 1.54) is 26.4 Å². The molecule has 0 aliphatic carbocycles. The van der Waals surface area contributed by atoms with Crippen LogP contribution in [-0.4, -0.2) is 34.6 Å². The summed E-state index contributed by atoms with van der Waals surface area (Å²) in [6, 6.07) is 5.89. The Morgan fingerprint density at radius 3 is 2.12 bits per heavy atom. The third-order valence-corrected chi connectivity index (χ3v) is 3.73. The average Bonchev–Trinajstić information content (AvgIpc) is 2.59. The summed E-state index contributed by atoms with van der Waals surface area (Å²) in [6.45, 7) is 0. The molecular formula is C17H14O8. The lowest BCUT2D eigenvalue weighted by atomic mass is 10.1. The first-order valence-corrected chi connectivity index (χ1v) is 7.06. The summed E-state index contributed by atoms with van der Waals surface area (Å²) in [5, 5.41) is 40.1. The summed E-state index contributed by atoms with van der Waals surface area (Å²) in [4.78, 5) is 12.6. The van der Waals surface area contributed by atoms with E-state index in [0.717, 1.165) is 0 Å². The lowest BCUT2D eigenvalue weighted by Crippen LogP contribution is -2.05. The average molecular weight is 346 g/mol. The van der Waals surface area contributed by atoms with Crippen LogP contribution < -0.4 is 14.9 Å². The van der Waals surface area contributed by atoms with Crippen molar-refractivity contribution >= 4 is 11.0 Å². The molecule has 0 radical (unpaired) electrons. The van der Waals surface area contributed by atoms with E-state index >= 15 is 0 Å². The Bertz CT molecular complexity index is 1040. The highest BCUT2D eigenvalue weighted by Gasteiger charge is 2.28. The van der Waals surface area contributed by atoms with Crippen molar-refractivity contribution in [1.82, 2.24) is 0 Å². The van der Waals surface area contributed by atoms with Gasteiger partial charge in [-0.2, -0.15) is 0 Å². The quantitative estimate of drug-likeness (QED) is 0.568. The molecule has 0 bridgehead atoms. The summed E-state index contributed by atoms with van der Waals surface area (Å²) in [6.07, 6.45) is 0. The van der Waals surface area contributed by atoms with Gasteiger partial charge in [0.2, 0.25) is 28.4 Å². The molecule has 0 aliphatic heterocycles. The topological polar surface area (TPSA) is 130 Å². The maximum absolute atomic E-state index is 12.6. The number of rotatable bonds is 3. The highest BCUT2D eigenvalue weighted by Crippen LogP contribution is 2.50. The molecule has 0 atom stereocenters. The number of fused-ring (bicyclic) bond motifs is 1. The van der Waals surface area contributed by atoms with Gasteiger partial charge in [-0.25, -0.2) is 0 Å². The van der Waals surface area contributed by atoms with E-state index in [0.29, 0.717) is 0 Å². The van der Waals surface area contributed by atoms with Gasteiger partial charge in [-0.3, -0.25) is 4.79 Å². The first-order chi connectivity index (χ1) is 11.9. The molecule has 0 saturated carbocycles. The standard InChI is InChI=1S/C17H14O8/c1-23-16-11(20)9-10(19)12(21)14(7-5-3-4-6-8(7)18)25-15(9)17(24-2)13(16)22/h3-6,18,20-22H,1-2H3. The van der Waals surface area contributed by atoms with Crippen LogP contribution in [0.25, 0.3) is 22.3 Å². The maximum Gasteiger partial charge on any atom is 0.239 e. The van der Waals surface area contributed by atoms with Gasteiger partial charge in [0.15, 0.2) is 17.1 Å². The molecule has 0 fully saturated rings. The SMILES string of the molecule is COc1c(O)c(OC)c2oc(-c3ccccc3O)c(O)c(=O)c2c1O. The van der Waals surface area contributed by atoms with Crippen molar-refractivity contribution in [2.75, 3.05) is 14.2 Å². The van der Waals surface area contributed by atoms with Crippen LogP contribution in [0.1, 0.15) is 0 Å². The fourth-order valence-corrected chi connectivity index (χ4v) is 2.57. The molecule has 3 rings (SSSR count). The van der Waals surface area contributed by atoms with E-state index in [1.807, 2.05) is 0 Å². The van der Waals surface area contributed by atoms with Crippen molar-refractivity contribution in [2.45, 2.75) is 0 Å². The van der Waals surface area contributed by atoms with Gasteiger partial charge in [0.25, 0.3) is 0 Å². The molecule has 0 saturated heterocycles. The van der Waals surface area contributed by atoms with Crippen LogP contribution in [-0.2, 0) is 0 Å². The number of ether oxygens (including phenoxy) is 2. The number of para-hydroxylation sites is 1. The molecule has 1 heterocycles. The van der Waals surface area contributed by atoms with Crippen molar-refractivity contribution in [3.63, 3.8) is 0 Å². The van der Waals surface area contributed by atoms with Crippen LogP contribution in [0, 0.1) is 0 Å². The summed E-state index contributed by atoms with van der Waals surface area (Å²) in [5.41, 5.74) is -1.23. The zero-order chi connectivity index (χ0) is 18.3. The molecule has 0 aliphatic rings. The van der Waals surface area contributed by atoms with Gasteiger partial charge >= 0.3 is 0 Å². The Balaban J connectivity index is 2.52. The minimum atomic E-state index is -0.978. The van der Waals surface area contributed by atoms with Gasteiger partial charge < -0.3 is 34.3 Å². The Labute approximate surface area is 140 Å². The molecule has 130 valence electrons. The van der Waals surface area contributed by atoms with Crippen LogP contribution in [0.15, 0.2) is 33.5 Å². The van der Waals surface area contributed by atoms with E-state index in [-0.39, 0.29) is 28.4 Å². The second-order valence-corrected chi connectivity index (χ2v) is 5.09. The molecule has 8 nitrogen and oxygen atoms in total. The first kappa shape index (κ1) is 16.3. The number of aromatic hydroxyl groups is 4. The highest BCUT2D eigenvalue weighted by molar-refractivity contribution is 5.96. The molecule has 0 amide bonds. The molecule has 0 unspecified atom stereocenters. The Kier molecular flexibility index (Phi) is 3.80. The molecule has 8 heteroatoms. The van der Waals surface area contributed by atoms with Crippen LogP contribution in [0.2, 0.25) is 0 Å². The molecule has 1 aromatic heterocycles. The normalized spacial score (nSPS) is 10.8. The summed E-state index contributed by atoms with van der Waals surface area (Å²) in [7, 11) is 2.40. The number of benzene rings is 2. The minimum absolute atomic E-state index is 0.0517. The number of hydrogen-bond donors (Lipinski definition) is 4. The number of phenols is 3. The smallest absolute Gasteiger partial charge is 0.239 e.